The highest BCUT2D eigenvalue weighted by molar-refractivity contribution is 7.15. The molecule has 0 saturated carbocycles. The number of hydrogen-bond donors (Lipinski definition) is 2. The third-order valence-corrected chi connectivity index (χ3v) is 4.81. The number of aromatic nitrogens is 2. The summed E-state index contributed by atoms with van der Waals surface area (Å²) in [6.07, 6.45) is 0.388. The smallest absolute Gasteiger partial charge is 0.272 e. The van der Waals surface area contributed by atoms with E-state index in [9.17, 15) is 14.0 Å². The zero-order chi connectivity index (χ0) is 20.8. The third kappa shape index (κ3) is 4.69. The van der Waals surface area contributed by atoms with E-state index in [2.05, 4.69) is 24.8 Å². The highest BCUT2D eigenvalue weighted by Crippen LogP contribution is 2.19. The summed E-state index contributed by atoms with van der Waals surface area (Å²) < 4.78 is 14.3. The van der Waals surface area contributed by atoms with Crippen molar-refractivity contribution in [3.05, 3.63) is 75.5 Å². The fourth-order valence-electron chi connectivity index (χ4n) is 3.38. The second-order valence-corrected chi connectivity index (χ2v) is 6.58. The Hall–Kier alpha value is -2.63. The van der Waals surface area contributed by atoms with E-state index in [0.717, 1.165) is 10.9 Å². The van der Waals surface area contributed by atoms with Crippen LogP contribution in [-0.2, 0) is 6.42 Å². The SMILES string of the molecule is CP.O=C(c1cc(Cc2n[nH]c(=O)c3ccccc23)ccc1F)N1CCNCC1. The molecule has 1 atom stereocenters. The highest BCUT2D eigenvalue weighted by atomic mass is 31.0. The molecule has 2 aromatic carbocycles. The molecule has 0 radical (unpaired) electrons. The van der Waals surface area contributed by atoms with Crippen molar-refractivity contribution in [2.45, 2.75) is 6.42 Å². The van der Waals surface area contributed by atoms with Gasteiger partial charge in [-0.3, -0.25) is 9.59 Å². The Morgan fingerprint density at radius 1 is 1.14 bits per heavy atom. The minimum atomic E-state index is -0.526. The molecule has 0 spiro atoms. The Morgan fingerprint density at radius 3 is 2.55 bits per heavy atom. The van der Waals surface area contributed by atoms with Gasteiger partial charge in [0.2, 0.25) is 0 Å². The minimum absolute atomic E-state index is 0.0723. The average Bonchev–Trinajstić information content (AvgIpc) is 2.78. The molecular formula is C21H24FN4O2P. The summed E-state index contributed by atoms with van der Waals surface area (Å²) >= 11 is 0. The van der Waals surface area contributed by atoms with E-state index in [1.807, 2.05) is 18.8 Å². The maximum Gasteiger partial charge on any atom is 0.272 e. The molecule has 6 nitrogen and oxygen atoms in total. The summed E-state index contributed by atoms with van der Waals surface area (Å²) in [5.74, 6) is -0.822. The maximum atomic E-state index is 14.3. The van der Waals surface area contributed by atoms with Gasteiger partial charge >= 0.3 is 0 Å². The van der Waals surface area contributed by atoms with Crippen molar-refractivity contribution in [1.82, 2.24) is 20.4 Å². The molecule has 29 heavy (non-hydrogen) atoms. The number of fused-ring (bicyclic) bond motifs is 1. The van der Waals surface area contributed by atoms with Crippen molar-refractivity contribution in [3.63, 3.8) is 0 Å². The number of rotatable bonds is 3. The lowest BCUT2D eigenvalue weighted by Crippen LogP contribution is -2.46. The van der Waals surface area contributed by atoms with E-state index in [4.69, 9.17) is 0 Å². The van der Waals surface area contributed by atoms with Crippen molar-refractivity contribution >= 4 is 25.9 Å². The van der Waals surface area contributed by atoms with Gasteiger partial charge in [-0.2, -0.15) is 5.10 Å². The average molecular weight is 414 g/mol. The summed E-state index contributed by atoms with van der Waals surface area (Å²) in [5.41, 5.74) is 1.27. The Labute approximate surface area is 170 Å². The van der Waals surface area contributed by atoms with Gasteiger partial charge in [-0.05, 0) is 23.8 Å². The number of hydrogen-bond acceptors (Lipinski definition) is 4. The molecule has 2 heterocycles. The molecule has 1 saturated heterocycles. The number of halogens is 1. The maximum absolute atomic E-state index is 14.3. The fraction of sp³-hybridized carbons (Fsp3) is 0.286. The first-order chi connectivity index (χ1) is 14.1. The number of benzene rings is 2. The number of carbonyl (C=O) groups excluding carboxylic acids is 1. The van der Waals surface area contributed by atoms with Crippen molar-refractivity contribution in [1.29, 1.82) is 0 Å². The predicted octanol–water partition coefficient (Wildman–Crippen LogP) is 2.19. The van der Waals surface area contributed by atoms with Crippen molar-refractivity contribution in [2.75, 3.05) is 32.8 Å². The van der Waals surface area contributed by atoms with Crippen LogP contribution in [0.15, 0.2) is 47.3 Å². The van der Waals surface area contributed by atoms with Crippen LogP contribution in [0.3, 0.4) is 0 Å². The van der Waals surface area contributed by atoms with Gasteiger partial charge in [0.25, 0.3) is 11.5 Å². The Kier molecular flexibility index (Phi) is 7.07. The minimum Gasteiger partial charge on any atom is -0.336 e. The molecule has 8 heteroatoms. The number of nitrogens with zero attached hydrogens (tertiary/aromatic N) is 2. The largest absolute Gasteiger partial charge is 0.336 e. The summed E-state index contributed by atoms with van der Waals surface area (Å²) in [7, 11) is 2.42. The second-order valence-electron chi connectivity index (χ2n) is 6.58. The van der Waals surface area contributed by atoms with Crippen LogP contribution in [0.25, 0.3) is 10.8 Å². The van der Waals surface area contributed by atoms with Crippen LogP contribution in [0.4, 0.5) is 4.39 Å². The van der Waals surface area contributed by atoms with E-state index < -0.39 is 5.82 Å². The van der Waals surface area contributed by atoms with Crippen LogP contribution >= 0.6 is 9.24 Å². The van der Waals surface area contributed by atoms with Gasteiger partial charge in [-0.1, -0.05) is 30.9 Å². The van der Waals surface area contributed by atoms with E-state index in [1.54, 1.807) is 29.2 Å². The van der Waals surface area contributed by atoms with Crippen LogP contribution in [0, 0.1) is 5.82 Å². The standard InChI is InChI=1S/C20H19FN4O2.CH5P/c21-17-6-5-13(11-16(17)20(27)25-9-7-22-8-10-25)12-18-14-3-1-2-4-15(14)19(26)24-23-18;1-2/h1-6,11,22H,7-10,12H2,(H,24,26);2H2,1H3. The lowest BCUT2D eigenvalue weighted by Gasteiger charge is -2.27. The summed E-state index contributed by atoms with van der Waals surface area (Å²) in [5, 5.41) is 11.1. The van der Waals surface area contributed by atoms with Gasteiger partial charge in [0.05, 0.1) is 16.6 Å². The van der Waals surface area contributed by atoms with Crippen LogP contribution in [0.5, 0.6) is 0 Å². The summed E-state index contributed by atoms with van der Waals surface area (Å²) in [4.78, 5) is 26.3. The van der Waals surface area contributed by atoms with Gasteiger partial charge in [-0.25, -0.2) is 9.49 Å². The van der Waals surface area contributed by atoms with Gasteiger partial charge in [0, 0.05) is 38.0 Å². The fourth-order valence-corrected chi connectivity index (χ4v) is 3.38. The van der Waals surface area contributed by atoms with Crippen molar-refractivity contribution in [3.8, 4) is 0 Å². The number of H-pyrrole nitrogens is 1. The third-order valence-electron chi connectivity index (χ3n) is 4.81. The number of aromatic amines is 1. The highest BCUT2D eigenvalue weighted by Gasteiger charge is 2.21. The predicted molar refractivity (Wildman–Crippen MR) is 116 cm³/mol. The summed E-state index contributed by atoms with van der Waals surface area (Å²) in [6.45, 7) is 4.46. The Morgan fingerprint density at radius 2 is 1.83 bits per heavy atom. The normalized spacial score (nSPS) is 13.7. The quantitative estimate of drug-likeness (QED) is 0.644. The lowest BCUT2D eigenvalue weighted by atomic mass is 10.0. The van der Waals surface area contributed by atoms with Gasteiger partial charge in [-0.15, -0.1) is 9.24 Å². The summed E-state index contributed by atoms with van der Waals surface area (Å²) in [6, 6.07) is 11.8. The molecule has 152 valence electrons. The van der Waals surface area contributed by atoms with Crippen LogP contribution in [0.2, 0.25) is 0 Å². The molecule has 4 rings (SSSR count). The number of carbonyl (C=O) groups is 1. The molecule has 1 amide bonds. The molecule has 0 bridgehead atoms. The molecule has 3 aromatic rings. The zero-order valence-electron chi connectivity index (χ0n) is 16.2. The first-order valence-electron chi connectivity index (χ1n) is 9.46. The Bertz CT molecular complexity index is 1060. The van der Waals surface area contributed by atoms with E-state index in [0.29, 0.717) is 43.7 Å². The van der Waals surface area contributed by atoms with Crippen molar-refractivity contribution in [2.24, 2.45) is 0 Å². The second kappa shape index (κ2) is 9.72. The van der Waals surface area contributed by atoms with Crippen LogP contribution in [0.1, 0.15) is 21.6 Å². The van der Waals surface area contributed by atoms with E-state index >= 15 is 0 Å². The number of amides is 1. The number of nitrogens with one attached hydrogen (secondary N) is 2. The molecular weight excluding hydrogens is 390 g/mol. The Balaban J connectivity index is 0.00000117. The monoisotopic (exact) mass is 414 g/mol. The molecule has 1 aliphatic heterocycles. The number of piperazine rings is 1. The van der Waals surface area contributed by atoms with E-state index in [-0.39, 0.29) is 17.0 Å². The topological polar surface area (TPSA) is 78.1 Å². The molecule has 1 fully saturated rings. The first-order valence-corrected chi connectivity index (χ1v) is 10.6. The van der Waals surface area contributed by atoms with Crippen LogP contribution < -0.4 is 10.9 Å². The lowest BCUT2D eigenvalue weighted by molar-refractivity contribution is 0.0731. The van der Waals surface area contributed by atoms with Gasteiger partial charge in [0.15, 0.2) is 0 Å². The molecule has 1 aromatic heterocycles. The molecule has 0 aliphatic carbocycles. The van der Waals surface area contributed by atoms with Crippen LogP contribution in [-0.4, -0.2) is 53.8 Å². The molecule has 2 N–H and O–H groups in total. The molecule has 1 unspecified atom stereocenters. The zero-order valence-corrected chi connectivity index (χ0v) is 17.4. The van der Waals surface area contributed by atoms with Crippen molar-refractivity contribution < 1.29 is 9.18 Å². The van der Waals surface area contributed by atoms with Gasteiger partial charge in [0.1, 0.15) is 5.82 Å². The molecule has 1 aliphatic rings. The van der Waals surface area contributed by atoms with Gasteiger partial charge < -0.3 is 10.2 Å². The van der Waals surface area contributed by atoms with E-state index in [1.165, 1.54) is 6.07 Å². The first kappa shape index (κ1) is 21.1.